The molecule has 0 amide bonds. The van der Waals surface area contributed by atoms with Crippen LogP contribution in [0.25, 0.3) is 0 Å². The van der Waals surface area contributed by atoms with Gasteiger partial charge in [-0.2, -0.15) is 0 Å². The fraction of sp³-hybridized carbons (Fsp3) is 0.500. The van der Waals surface area contributed by atoms with Gasteiger partial charge in [-0.1, -0.05) is 25.3 Å². The Morgan fingerprint density at radius 2 is 2.12 bits per heavy atom. The summed E-state index contributed by atoms with van der Waals surface area (Å²) in [6.45, 7) is 0. The average molecular weight is 250 g/mol. The smallest absolute Gasteiger partial charge is 0.181 e. The van der Waals surface area contributed by atoms with Crippen LogP contribution >= 0.6 is 12.2 Å². The third-order valence-corrected chi connectivity index (χ3v) is 3.63. The zero-order valence-electron chi connectivity index (χ0n) is 9.78. The van der Waals surface area contributed by atoms with Gasteiger partial charge in [-0.25, -0.2) is 5.84 Å². The van der Waals surface area contributed by atoms with Crippen LogP contribution in [0.15, 0.2) is 24.5 Å². The summed E-state index contributed by atoms with van der Waals surface area (Å²) in [6.07, 6.45) is 9.54. The molecule has 0 saturated heterocycles. The van der Waals surface area contributed by atoms with Crippen LogP contribution in [-0.4, -0.2) is 10.1 Å². The summed E-state index contributed by atoms with van der Waals surface area (Å²) in [7, 11) is 0. The fourth-order valence-electron chi connectivity index (χ4n) is 2.54. The van der Waals surface area contributed by atoms with Crippen molar-refractivity contribution in [3.8, 4) is 0 Å². The number of hydrogen-bond acceptors (Lipinski definition) is 3. The number of nitrogens with one attached hydrogen (secondary N) is 2. The van der Waals surface area contributed by atoms with Crippen LogP contribution in [0.2, 0.25) is 0 Å². The fourth-order valence-corrected chi connectivity index (χ4v) is 2.74. The minimum atomic E-state index is -0.101. The van der Waals surface area contributed by atoms with Gasteiger partial charge in [-0.15, -0.1) is 0 Å². The molecule has 0 radical (unpaired) electrons. The molecule has 1 aliphatic carbocycles. The van der Waals surface area contributed by atoms with Crippen molar-refractivity contribution in [3.05, 3.63) is 30.1 Å². The third kappa shape index (κ3) is 2.73. The Morgan fingerprint density at radius 3 is 2.71 bits per heavy atom. The average Bonchev–Trinajstić information content (AvgIpc) is 2.40. The van der Waals surface area contributed by atoms with Gasteiger partial charge in [0.05, 0.1) is 5.54 Å². The van der Waals surface area contributed by atoms with Crippen LogP contribution in [0, 0.1) is 0 Å². The predicted molar refractivity (Wildman–Crippen MR) is 72.1 cm³/mol. The molecule has 1 aliphatic rings. The highest BCUT2D eigenvalue weighted by molar-refractivity contribution is 7.80. The second-order valence-corrected chi connectivity index (χ2v) is 4.89. The first-order valence-corrected chi connectivity index (χ1v) is 6.37. The van der Waals surface area contributed by atoms with Gasteiger partial charge in [0, 0.05) is 12.4 Å². The number of nitrogens with zero attached hydrogens (tertiary/aromatic N) is 1. The van der Waals surface area contributed by atoms with Crippen molar-refractivity contribution in [2.24, 2.45) is 5.84 Å². The van der Waals surface area contributed by atoms with Gasteiger partial charge in [0.2, 0.25) is 0 Å². The van der Waals surface area contributed by atoms with E-state index in [2.05, 4.69) is 21.8 Å². The maximum Gasteiger partial charge on any atom is 0.181 e. The minimum absolute atomic E-state index is 0.101. The minimum Gasteiger partial charge on any atom is -0.352 e. The Morgan fingerprint density at radius 1 is 1.35 bits per heavy atom. The lowest BCUT2D eigenvalue weighted by molar-refractivity contribution is 0.268. The van der Waals surface area contributed by atoms with E-state index in [1.54, 1.807) is 6.20 Å². The van der Waals surface area contributed by atoms with E-state index in [0.717, 1.165) is 12.8 Å². The van der Waals surface area contributed by atoms with Crippen LogP contribution in [-0.2, 0) is 5.54 Å². The Labute approximate surface area is 107 Å². The van der Waals surface area contributed by atoms with Gasteiger partial charge < -0.3 is 10.7 Å². The van der Waals surface area contributed by atoms with Crippen LogP contribution in [0.4, 0.5) is 0 Å². The van der Waals surface area contributed by atoms with Gasteiger partial charge in [-0.3, -0.25) is 4.98 Å². The molecule has 4 N–H and O–H groups in total. The lowest BCUT2D eigenvalue weighted by Crippen LogP contribution is -2.52. The molecule has 1 aromatic heterocycles. The number of thiocarbonyl (C=S) groups is 1. The molecule has 0 atom stereocenters. The summed E-state index contributed by atoms with van der Waals surface area (Å²) < 4.78 is 0. The number of pyridine rings is 1. The molecule has 0 bridgehead atoms. The van der Waals surface area contributed by atoms with E-state index in [9.17, 15) is 0 Å². The molecule has 1 saturated carbocycles. The summed E-state index contributed by atoms with van der Waals surface area (Å²) in [6, 6.07) is 4.07. The molecule has 2 rings (SSSR count). The number of rotatable bonds is 2. The summed E-state index contributed by atoms with van der Waals surface area (Å²) >= 11 is 5.14. The Bertz CT molecular complexity index is 373. The second-order valence-electron chi connectivity index (χ2n) is 4.48. The highest BCUT2D eigenvalue weighted by atomic mass is 32.1. The number of hydrazine groups is 1. The zero-order chi connectivity index (χ0) is 12.1. The molecular formula is C12H18N4S. The molecule has 4 nitrogen and oxygen atoms in total. The molecule has 0 unspecified atom stereocenters. The quantitative estimate of drug-likeness (QED) is 0.422. The maximum atomic E-state index is 5.36. The van der Waals surface area contributed by atoms with E-state index in [4.69, 9.17) is 18.1 Å². The molecule has 0 aromatic carbocycles. The van der Waals surface area contributed by atoms with Gasteiger partial charge in [0.25, 0.3) is 0 Å². The first kappa shape index (κ1) is 12.3. The molecule has 17 heavy (non-hydrogen) atoms. The monoisotopic (exact) mass is 250 g/mol. The SMILES string of the molecule is NNC(=S)NC1(c2cccnc2)CCCCC1. The first-order chi connectivity index (χ1) is 8.27. The first-order valence-electron chi connectivity index (χ1n) is 5.96. The van der Waals surface area contributed by atoms with Gasteiger partial charge in [0.15, 0.2) is 5.11 Å². The summed E-state index contributed by atoms with van der Waals surface area (Å²) in [4.78, 5) is 4.20. The van der Waals surface area contributed by atoms with Crippen LogP contribution < -0.4 is 16.6 Å². The highest BCUT2D eigenvalue weighted by Crippen LogP contribution is 2.36. The molecule has 0 aliphatic heterocycles. The molecule has 92 valence electrons. The molecule has 0 spiro atoms. The van der Waals surface area contributed by atoms with Crippen molar-refractivity contribution in [2.45, 2.75) is 37.6 Å². The summed E-state index contributed by atoms with van der Waals surface area (Å²) in [5.74, 6) is 5.36. The van der Waals surface area contributed by atoms with E-state index in [0.29, 0.717) is 5.11 Å². The van der Waals surface area contributed by atoms with Gasteiger partial charge in [-0.05, 0) is 36.7 Å². The lowest BCUT2D eigenvalue weighted by Gasteiger charge is -2.39. The maximum absolute atomic E-state index is 5.36. The van der Waals surface area contributed by atoms with Crippen LogP contribution in [0.1, 0.15) is 37.7 Å². The van der Waals surface area contributed by atoms with E-state index in [-0.39, 0.29) is 5.54 Å². The lowest BCUT2D eigenvalue weighted by atomic mass is 9.77. The number of nitrogens with two attached hydrogens (primary N) is 1. The van der Waals surface area contributed by atoms with E-state index < -0.39 is 0 Å². The zero-order valence-corrected chi connectivity index (χ0v) is 10.6. The van der Waals surface area contributed by atoms with Crippen molar-refractivity contribution in [1.29, 1.82) is 0 Å². The van der Waals surface area contributed by atoms with Crippen LogP contribution in [0.5, 0.6) is 0 Å². The van der Waals surface area contributed by atoms with Gasteiger partial charge >= 0.3 is 0 Å². The second kappa shape index (κ2) is 5.42. The van der Waals surface area contributed by atoms with Crippen molar-refractivity contribution >= 4 is 17.3 Å². The van der Waals surface area contributed by atoms with E-state index in [1.165, 1.54) is 24.8 Å². The Hall–Kier alpha value is -1.20. The summed E-state index contributed by atoms with van der Waals surface area (Å²) in [5, 5.41) is 3.85. The van der Waals surface area contributed by atoms with Crippen molar-refractivity contribution in [1.82, 2.24) is 15.7 Å². The van der Waals surface area contributed by atoms with E-state index >= 15 is 0 Å². The largest absolute Gasteiger partial charge is 0.352 e. The normalized spacial score (nSPS) is 18.4. The van der Waals surface area contributed by atoms with E-state index in [1.807, 2.05) is 12.3 Å². The van der Waals surface area contributed by atoms with Crippen LogP contribution in [0.3, 0.4) is 0 Å². The van der Waals surface area contributed by atoms with Gasteiger partial charge in [0.1, 0.15) is 0 Å². The highest BCUT2D eigenvalue weighted by Gasteiger charge is 2.34. The summed E-state index contributed by atoms with van der Waals surface area (Å²) in [5.41, 5.74) is 3.60. The number of hydrogen-bond donors (Lipinski definition) is 3. The molecule has 1 aromatic rings. The predicted octanol–water partition coefficient (Wildman–Crippen LogP) is 1.58. The van der Waals surface area contributed by atoms with Crippen molar-refractivity contribution < 1.29 is 0 Å². The van der Waals surface area contributed by atoms with Crippen molar-refractivity contribution in [2.75, 3.05) is 0 Å². The Balaban J connectivity index is 2.26. The molecule has 5 heteroatoms. The Kier molecular flexibility index (Phi) is 3.91. The number of aromatic nitrogens is 1. The molecule has 1 fully saturated rings. The molecule has 1 heterocycles. The standard InChI is InChI=1S/C12H18N4S/c13-16-11(17)15-12(6-2-1-3-7-12)10-5-4-8-14-9-10/h4-5,8-9H,1-3,6-7,13H2,(H2,15,16,17). The third-order valence-electron chi connectivity index (χ3n) is 3.41. The molecular weight excluding hydrogens is 232 g/mol. The van der Waals surface area contributed by atoms with Crippen molar-refractivity contribution in [3.63, 3.8) is 0 Å². The topological polar surface area (TPSA) is 63.0 Å².